The van der Waals surface area contributed by atoms with Crippen LogP contribution in [0.5, 0.6) is 0 Å². The monoisotopic (exact) mass is 156 g/mol. The third kappa shape index (κ3) is 3.55. The smallest absolute Gasteiger partial charge is 0.307 e. The van der Waals surface area contributed by atoms with Crippen molar-refractivity contribution in [3.8, 4) is 0 Å². The molecule has 0 atom stereocenters. The maximum atomic E-state index is 10.7. The lowest BCUT2D eigenvalue weighted by atomic mass is 10.1. The highest BCUT2D eigenvalue weighted by Crippen LogP contribution is 2.08. The lowest BCUT2D eigenvalue weighted by molar-refractivity contribution is -0.136. The van der Waals surface area contributed by atoms with Crippen molar-refractivity contribution in [3.05, 3.63) is 11.1 Å². The average Bonchev–Trinajstić information content (AvgIpc) is 1.84. The van der Waals surface area contributed by atoms with E-state index >= 15 is 0 Å². The van der Waals surface area contributed by atoms with Crippen molar-refractivity contribution < 1.29 is 14.7 Å². The Morgan fingerprint density at radius 1 is 1.18 bits per heavy atom. The highest BCUT2D eigenvalue weighted by Gasteiger charge is 2.05. The third-order valence-corrected chi connectivity index (χ3v) is 1.58. The van der Waals surface area contributed by atoms with Gasteiger partial charge in [-0.1, -0.05) is 5.57 Å². The average molecular weight is 156 g/mol. The maximum absolute atomic E-state index is 10.7. The van der Waals surface area contributed by atoms with Gasteiger partial charge in [-0.2, -0.15) is 0 Å². The van der Waals surface area contributed by atoms with Crippen LogP contribution in [-0.2, 0) is 9.59 Å². The van der Waals surface area contributed by atoms with Gasteiger partial charge in [0.2, 0.25) is 0 Å². The van der Waals surface area contributed by atoms with Gasteiger partial charge in [0.15, 0.2) is 5.78 Å². The first-order valence-electron chi connectivity index (χ1n) is 3.34. The fraction of sp³-hybridized carbons (Fsp3) is 0.500. The molecule has 3 heteroatoms. The Balaban J connectivity index is 4.40. The van der Waals surface area contributed by atoms with Gasteiger partial charge in [-0.05, 0) is 26.3 Å². The summed E-state index contributed by atoms with van der Waals surface area (Å²) in [5.74, 6) is -0.966. The Labute approximate surface area is 65.7 Å². The second-order valence-electron chi connectivity index (χ2n) is 2.53. The Hall–Kier alpha value is -1.12. The molecular formula is C8H12O3. The van der Waals surface area contributed by atoms with Gasteiger partial charge in [0.25, 0.3) is 0 Å². The van der Waals surface area contributed by atoms with Crippen molar-refractivity contribution in [2.45, 2.75) is 27.2 Å². The summed E-state index contributed by atoms with van der Waals surface area (Å²) in [6.07, 6.45) is -0.0502. The van der Waals surface area contributed by atoms with Crippen LogP contribution in [0.4, 0.5) is 0 Å². The van der Waals surface area contributed by atoms with E-state index in [-0.39, 0.29) is 12.2 Å². The van der Waals surface area contributed by atoms with Gasteiger partial charge < -0.3 is 5.11 Å². The zero-order valence-corrected chi connectivity index (χ0v) is 6.97. The number of allylic oxidation sites excluding steroid dienone is 1. The number of rotatable bonds is 3. The number of carboxylic acids is 1. The molecule has 0 amide bonds. The van der Waals surface area contributed by atoms with Gasteiger partial charge in [0.05, 0.1) is 6.42 Å². The van der Waals surface area contributed by atoms with Crippen LogP contribution in [0.15, 0.2) is 11.1 Å². The summed E-state index contributed by atoms with van der Waals surface area (Å²) in [5, 5.41) is 8.37. The highest BCUT2D eigenvalue weighted by atomic mass is 16.4. The number of carbonyl (C=O) groups is 2. The van der Waals surface area contributed by atoms with E-state index in [1.807, 2.05) is 0 Å². The molecule has 0 rings (SSSR count). The molecule has 0 spiro atoms. The number of hydrogen-bond acceptors (Lipinski definition) is 2. The van der Waals surface area contributed by atoms with Crippen molar-refractivity contribution in [2.75, 3.05) is 0 Å². The molecule has 0 aromatic heterocycles. The van der Waals surface area contributed by atoms with E-state index in [1.165, 1.54) is 6.92 Å². The summed E-state index contributed by atoms with van der Waals surface area (Å²) >= 11 is 0. The van der Waals surface area contributed by atoms with E-state index < -0.39 is 5.97 Å². The van der Waals surface area contributed by atoms with E-state index in [0.29, 0.717) is 11.1 Å². The number of ketones is 1. The number of carboxylic acid groups (broad SMARTS) is 1. The fourth-order valence-corrected chi connectivity index (χ4v) is 0.660. The Bertz CT molecular complexity index is 213. The van der Waals surface area contributed by atoms with Gasteiger partial charge in [-0.3, -0.25) is 9.59 Å². The summed E-state index contributed by atoms with van der Waals surface area (Å²) in [6.45, 7) is 4.73. The van der Waals surface area contributed by atoms with Gasteiger partial charge in [-0.25, -0.2) is 0 Å². The number of aliphatic carboxylic acids is 1. The van der Waals surface area contributed by atoms with Crippen LogP contribution in [0.1, 0.15) is 27.2 Å². The first kappa shape index (κ1) is 9.88. The maximum Gasteiger partial charge on any atom is 0.307 e. The largest absolute Gasteiger partial charge is 0.481 e. The fourth-order valence-electron chi connectivity index (χ4n) is 0.660. The van der Waals surface area contributed by atoms with Crippen LogP contribution >= 0.6 is 0 Å². The minimum atomic E-state index is -0.900. The van der Waals surface area contributed by atoms with Crippen LogP contribution in [0.2, 0.25) is 0 Å². The van der Waals surface area contributed by atoms with Crippen molar-refractivity contribution >= 4 is 11.8 Å². The molecule has 1 N–H and O–H groups in total. The van der Waals surface area contributed by atoms with Crippen molar-refractivity contribution in [1.29, 1.82) is 0 Å². The second-order valence-corrected chi connectivity index (χ2v) is 2.53. The predicted octanol–water partition coefficient (Wildman–Crippen LogP) is 1.39. The highest BCUT2D eigenvalue weighted by molar-refractivity contribution is 5.94. The quantitative estimate of drug-likeness (QED) is 0.628. The molecule has 0 saturated carbocycles. The SMILES string of the molecule is CC(=O)C(C)=C(C)CC(=O)O. The molecule has 0 bridgehead atoms. The molecule has 62 valence electrons. The summed E-state index contributed by atoms with van der Waals surface area (Å²) in [7, 11) is 0. The number of carbonyl (C=O) groups excluding carboxylic acids is 1. The van der Waals surface area contributed by atoms with Crippen LogP contribution in [0, 0.1) is 0 Å². The van der Waals surface area contributed by atoms with E-state index in [2.05, 4.69) is 0 Å². The van der Waals surface area contributed by atoms with Crippen molar-refractivity contribution in [2.24, 2.45) is 0 Å². The van der Waals surface area contributed by atoms with Gasteiger partial charge in [0, 0.05) is 0 Å². The van der Waals surface area contributed by atoms with E-state index in [0.717, 1.165) is 0 Å². The molecule has 0 saturated heterocycles. The second kappa shape index (κ2) is 3.91. The first-order chi connectivity index (χ1) is 4.95. The van der Waals surface area contributed by atoms with E-state index in [4.69, 9.17) is 5.11 Å². The molecule has 0 aromatic rings. The number of Topliss-reactive ketones (excluding diaryl/α,β-unsaturated/α-hetero) is 1. The standard InChI is InChI=1S/C8H12O3/c1-5(4-8(10)11)6(2)7(3)9/h4H2,1-3H3,(H,10,11). The topological polar surface area (TPSA) is 54.4 Å². The van der Waals surface area contributed by atoms with Crippen LogP contribution < -0.4 is 0 Å². The van der Waals surface area contributed by atoms with Crippen LogP contribution in [0.3, 0.4) is 0 Å². The van der Waals surface area contributed by atoms with E-state index in [9.17, 15) is 9.59 Å². The lowest BCUT2D eigenvalue weighted by Crippen LogP contribution is -2.01. The zero-order chi connectivity index (χ0) is 9.02. The van der Waals surface area contributed by atoms with Crippen LogP contribution in [0.25, 0.3) is 0 Å². The molecule has 0 aromatic carbocycles. The molecule has 0 aliphatic carbocycles. The number of hydrogen-bond donors (Lipinski definition) is 1. The van der Waals surface area contributed by atoms with E-state index in [1.54, 1.807) is 13.8 Å². The molecular weight excluding hydrogens is 144 g/mol. The molecule has 11 heavy (non-hydrogen) atoms. The third-order valence-electron chi connectivity index (χ3n) is 1.58. The normalized spacial score (nSPS) is 12.3. The van der Waals surface area contributed by atoms with Crippen molar-refractivity contribution in [3.63, 3.8) is 0 Å². The molecule has 0 unspecified atom stereocenters. The first-order valence-corrected chi connectivity index (χ1v) is 3.34. The molecule has 3 nitrogen and oxygen atoms in total. The summed E-state index contributed by atoms with van der Waals surface area (Å²) in [4.78, 5) is 20.9. The minimum Gasteiger partial charge on any atom is -0.481 e. The Morgan fingerprint density at radius 3 is 1.91 bits per heavy atom. The zero-order valence-electron chi connectivity index (χ0n) is 6.97. The molecule has 0 radical (unpaired) electrons. The van der Waals surface area contributed by atoms with Crippen molar-refractivity contribution in [1.82, 2.24) is 0 Å². The predicted molar refractivity (Wildman–Crippen MR) is 41.3 cm³/mol. The Morgan fingerprint density at radius 2 is 1.64 bits per heavy atom. The van der Waals surface area contributed by atoms with Crippen LogP contribution in [-0.4, -0.2) is 16.9 Å². The minimum absolute atomic E-state index is 0.0502. The van der Waals surface area contributed by atoms with Gasteiger partial charge >= 0.3 is 5.97 Å². The molecule has 0 heterocycles. The Kier molecular flexibility index (Phi) is 3.51. The molecule has 0 aliphatic heterocycles. The summed E-state index contributed by atoms with van der Waals surface area (Å²) in [5.41, 5.74) is 1.18. The molecule has 0 aliphatic rings. The molecule has 0 fully saturated rings. The lowest BCUT2D eigenvalue weighted by Gasteiger charge is -2.00. The van der Waals surface area contributed by atoms with Gasteiger partial charge in [-0.15, -0.1) is 0 Å². The summed E-state index contributed by atoms with van der Waals surface area (Å²) in [6, 6.07) is 0. The van der Waals surface area contributed by atoms with Gasteiger partial charge in [0.1, 0.15) is 0 Å². The summed E-state index contributed by atoms with van der Waals surface area (Å²) < 4.78 is 0.